The number of anilines is 1. The highest BCUT2D eigenvalue weighted by Gasteiger charge is 2.30. The molecule has 0 aliphatic heterocycles. The quantitative estimate of drug-likeness (QED) is 0.715. The van der Waals surface area contributed by atoms with E-state index in [1.165, 1.54) is 12.1 Å². The van der Waals surface area contributed by atoms with Crippen molar-refractivity contribution in [2.75, 3.05) is 11.9 Å². The fourth-order valence-corrected chi connectivity index (χ4v) is 2.78. The van der Waals surface area contributed by atoms with E-state index in [0.717, 1.165) is 12.1 Å². The number of nitrogens with zero attached hydrogens (tertiary/aromatic N) is 1. The highest BCUT2D eigenvalue weighted by atomic mass is 19.4. The average Bonchev–Trinajstić information content (AvgIpc) is 2.66. The van der Waals surface area contributed by atoms with Crippen LogP contribution in [-0.4, -0.2) is 17.1 Å². The maximum absolute atomic E-state index is 12.7. The van der Waals surface area contributed by atoms with Crippen molar-refractivity contribution in [3.8, 4) is 5.75 Å². The Bertz CT molecular complexity index is 1070. The molecule has 5 nitrogen and oxygen atoms in total. The molecule has 28 heavy (non-hydrogen) atoms. The van der Waals surface area contributed by atoms with Crippen molar-refractivity contribution >= 4 is 22.4 Å². The molecule has 0 atom stereocenters. The number of aryl methyl sites for hydroxylation is 1. The van der Waals surface area contributed by atoms with Crippen LogP contribution in [0.4, 0.5) is 18.9 Å². The van der Waals surface area contributed by atoms with E-state index in [4.69, 9.17) is 4.74 Å². The van der Waals surface area contributed by atoms with Crippen molar-refractivity contribution in [2.45, 2.75) is 19.6 Å². The van der Waals surface area contributed by atoms with Gasteiger partial charge in [-0.2, -0.15) is 13.2 Å². The summed E-state index contributed by atoms with van der Waals surface area (Å²) in [6.07, 6.45) is -2.86. The van der Waals surface area contributed by atoms with Gasteiger partial charge in [0.15, 0.2) is 6.61 Å². The van der Waals surface area contributed by atoms with Crippen molar-refractivity contribution < 1.29 is 22.7 Å². The molecule has 0 bridgehead atoms. The van der Waals surface area contributed by atoms with Gasteiger partial charge < -0.3 is 14.6 Å². The van der Waals surface area contributed by atoms with E-state index < -0.39 is 24.3 Å². The van der Waals surface area contributed by atoms with E-state index in [9.17, 15) is 22.8 Å². The van der Waals surface area contributed by atoms with Gasteiger partial charge in [-0.15, -0.1) is 0 Å². The maximum atomic E-state index is 12.7. The van der Waals surface area contributed by atoms with Crippen LogP contribution in [0.5, 0.6) is 5.75 Å². The summed E-state index contributed by atoms with van der Waals surface area (Å²) in [6.45, 7) is 1.97. The monoisotopic (exact) mass is 390 g/mol. The minimum Gasteiger partial charge on any atom is -0.483 e. The van der Waals surface area contributed by atoms with Crippen LogP contribution in [0, 0.1) is 0 Å². The molecule has 3 rings (SSSR count). The number of aromatic nitrogens is 1. The minimum atomic E-state index is -4.49. The zero-order chi connectivity index (χ0) is 20.3. The molecule has 0 saturated heterocycles. The molecule has 0 fully saturated rings. The number of nitrogens with one attached hydrogen (secondary N) is 1. The van der Waals surface area contributed by atoms with Gasteiger partial charge in [0, 0.05) is 23.8 Å². The largest absolute Gasteiger partial charge is 0.483 e. The first-order valence-electron chi connectivity index (χ1n) is 8.51. The third-order valence-electron chi connectivity index (χ3n) is 4.15. The summed E-state index contributed by atoms with van der Waals surface area (Å²) in [5.41, 5.74) is -1.00. The molecule has 0 aliphatic rings. The Kier molecular flexibility index (Phi) is 5.39. The lowest BCUT2D eigenvalue weighted by Crippen LogP contribution is -2.21. The fourth-order valence-electron chi connectivity index (χ4n) is 2.78. The van der Waals surface area contributed by atoms with Crippen molar-refractivity contribution in [3.63, 3.8) is 0 Å². The summed E-state index contributed by atoms with van der Waals surface area (Å²) < 4.78 is 45.3. The number of hydrogen-bond donors (Lipinski definition) is 1. The second-order valence-corrected chi connectivity index (χ2v) is 6.04. The van der Waals surface area contributed by atoms with Crippen molar-refractivity contribution in [1.29, 1.82) is 0 Å². The number of fused-ring (bicyclic) bond motifs is 1. The molecule has 3 aromatic rings. The van der Waals surface area contributed by atoms with Gasteiger partial charge in [-0.1, -0.05) is 12.1 Å². The van der Waals surface area contributed by atoms with E-state index in [-0.39, 0.29) is 11.2 Å². The number of benzene rings is 2. The highest BCUT2D eigenvalue weighted by Crippen LogP contribution is 2.30. The molecule has 2 aromatic carbocycles. The third-order valence-corrected chi connectivity index (χ3v) is 4.15. The number of amides is 1. The van der Waals surface area contributed by atoms with E-state index in [2.05, 4.69) is 5.32 Å². The molecule has 0 radical (unpaired) electrons. The number of halogens is 3. The predicted octanol–water partition coefficient (Wildman–Crippen LogP) is 4.06. The molecule has 0 unspecified atom stereocenters. The highest BCUT2D eigenvalue weighted by molar-refractivity contribution is 5.93. The number of hydrogen-bond acceptors (Lipinski definition) is 3. The summed E-state index contributed by atoms with van der Waals surface area (Å²) in [5.74, 6) is -0.268. The third kappa shape index (κ3) is 4.16. The first-order chi connectivity index (χ1) is 13.3. The van der Waals surface area contributed by atoms with Crippen LogP contribution in [0.3, 0.4) is 0 Å². The number of ether oxygens (including phenoxy) is 1. The van der Waals surface area contributed by atoms with Gasteiger partial charge in [0.1, 0.15) is 5.75 Å². The van der Waals surface area contributed by atoms with Crippen LogP contribution >= 0.6 is 0 Å². The number of pyridine rings is 1. The van der Waals surface area contributed by atoms with Gasteiger partial charge in [0.2, 0.25) is 0 Å². The van der Waals surface area contributed by atoms with E-state index in [1.807, 2.05) is 6.92 Å². The normalized spacial score (nSPS) is 11.4. The molecular formula is C20H17F3N2O3. The van der Waals surface area contributed by atoms with E-state index in [1.54, 1.807) is 35.0 Å². The Morgan fingerprint density at radius 3 is 2.57 bits per heavy atom. The van der Waals surface area contributed by atoms with Gasteiger partial charge >= 0.3 is 6.18 Å². The number of rotatable bonds is 5. The van der Waals surface area contributed by atoms with Gasteiger partial charge in [-0.05, 0) is 43.3 Å². The zero-order valence-corrected chi connectivity index (χ0v) is 14.9. The number of alkyl halides is 3. The molecule has 1 N–H and O–H groups in total. The average molecular weight is 390 g/mol. The van der Waals surface area contributed by atoms with E-state index >= 15 is 0 Å². The summed E-state index contributed by atoms with van der Waals surface area (Å²) in [5, 5.41) is 3.39. The lowest BCUT2D eigenvalue weighted by atomic mass is 10.1. The topological polar surface area (TPSA) is 60.3 Å². The SMILES string of the molecule is CCn1ccc2c(OCC(=O)Nc3cccc(C(F)(F)F)c3)cccc2c1=O. The maximum Gasteiger partial charge on any atom is 0.416 e. The van der Waals surface area contributed by atoms with Gasteiger partial charge in [-0.25, -0.2) is 0 Å². The Morgan fingerprint density at radius 1 is 1.11 bits per heavy atom. The van der Waals surface area contributed by atoms with Crippen molar-refractivity contribution in [3.05, 3.63) is 70.6 Å². The van der Waals surface area contributed by atoms with Gasteiger partial charge in [0.25, 0.3) is 11.5 Å². The zero-order valence-electron chi connectivity index (χ0n) is 14.9. The lowest BCUT2D eigenvalue weighted by Gasteiger charge is -2.12. The smallest absolute Gasteiger partial charge is 0.416 e. The van der Waals surface area contributed by atoms with Crippen LogP contribution in [0.15, 0.2) is 59.5 Å². The van der Waals surface area contributed by atoms with Crippen molar-refractivity contribution in [1.82, 2.24) is 4.57 Å². The summed E-state index contributed by atoms with van der Waals surface area (Å²) >= 11 is 0. The van der Waals surface area contributed by atoms with Crippen LogP contribution < -0.4 is 15.6 Å². The van der Waals surface area contributed by atoms with Crippen LogP contribution in [0.1, 0.15) is 12.5 Å². The Balaban J connectivity index is 1.73. The second-order valence-electron chi connectivity index (χ2n) is 6.04. The summed E-state index contributed by atoms with van der Waals surface area (Å²) in [7, 11) is 0. The minimum absolute atomic E-state index is 0.0205. The Hall–Kier alpha value is -3.29. The van der Waals surface area contributed by atoms with Crippen LogP contribution in [0.2, 0.25) is 0 Å². The summed E-state index contributed by atoms with van der Waals surface area (Å²) in [6, 6.07) is 11.0. The Morgan fingerprint density at radius 2 is 1.86 bits per heavy atom. The second kappa shape index (κ2) is 7.75. The fraction of sp³-hybridized carbons (Fsp3) is 0.200. The molecule has 8 heteroatoms. The Labute approximate surface area is 158 Å². The number of carbonyl (C=O) groups is 1. The molecule has 0 aliphatic carbocycles. The number of carbonyl (C=O) groups excluding carboxylic acids is 1. The predicted molar refractivity (Wildman–Crippen MR) is 99.5 cm³/mol. The molecule has 1 aromatic heterocycles. The lowest BCUT2D eigenvalue weighted by molar-refractivity contribution is -0.137. The van der Waals surface area contributed by atoms with Crippen LogP contribution in [-0.2, 0) is 17.5 Å². The van der Waals surface area contributed by atoms with Gasteiger partial charge in [-0.3, -0.25) is 9.59 Å². The molecule has 146 valence electrons. The van der Waals surface area contributed by atoms with E-state index in [0.29, 0.717) is 23.1 Å². The molecule has 0 spiro atoms. The molecule has 1 amide bonds. The molecular weight excluding hydrogens is 373 g/mol. The molecule has 0 saturated carbocycles. The standard InChI is InChI=1S/C20H17F3N2O3/c1-2-25-10-9-15-16(19(25)27)7-4-8-17(15)28-12-18(26)24-14-6-3-5-13(11-14)20(21,22)23/h3-11H,2,12H2,1H3,(H,24,26). The molecule has 1 heterocycles. The first kappa shape index (κ1) is 19.5. The summed E-state index contributed by atoms with van der Waals surface area (Å²) in [4.78, 5) is 24.4. The van der Waals surface area contributed by atoms with Crippen LogP contribution in [0.25, 0.3) is 10.8 Å². The first-order valence-corrected chi connectivity index (χ1v) is 8.51. The van der Waals surface area contributed by atoms with Gasteiger partial charge in [0.05, 0.1) is 10.9 Å². The van der Waals surface area contributed by atoms with Crippen molar-refractivity contribution in [2.24, 2.45) is 0 Å².